The van der Waals surface area contributed by atoms with E-state index in [0.717, 1.165) is 36.8 Å². The van der Waals surface area contributed by atoms with Gasteiger partial charge in [-0.2, -0.15) is 5.10 Å². The third-order valence-electron chi connectivity index (χ3n) is 7.66. The van der Waals surface area contributed by atoms with Crippen LogP contribution in [0.15, 0.2) is 36.7 Å². The normalized spacial score (nSPS) is 28.0. The molecule has 2 saturated carbocycles. The molecule has 9 heteroatoms. The fraction of sp³-hybridized carbons (Fsp3) is 0.480. The van der Waals surface area contributed by atoms with E-state index in [1.54, 1.807) is 30.6 Å². The molecule has 0 radical (unpaired) electrons. The van der Waals surface area contributed by atoms with Crippen LogP contribution in [0, 0.1) is 10.8 Å². The van der Waals surface area contributed by atoms with Gasteiger partial charge in [0.05, 0.1) is 31.1 Å². The molecule has 2 aliphatic rings. The third kappa shape index (κ3) is 3.82. The number of aromatic hydroxyl groups is 1. The first-order valence-electron chi connectivity index (χ1n) is 11.5. The zero-order valence-corrected chi connectivity index (χ0v) is 19.9. The van der Waals surface area contributed by atoms with Gasteiger partial charge in [0.15, 0.2) is 11.6 Å². The Labute approximate surface area is 198 Å². The molecule has 2 bridgehead atoms. The molecule has 2 aromatic heterocycles. The molecule has 0 aliphatic heterocycles. The first-order valence-corrected chi connectivity index (χ1v) is 11.5. The number of phenolic OH excluding ortho intramolecular Hbond substituents is 1. The van der Waals surface area contributed by atoms with E-state index in [9.17, 15) is 5.11 Å². The van der Waals surface area contributed by atoms with E-state index < -0.39 is 6.17 Å². The summed E-state index contributed by atoms with van der Waals surface area (Å²) in [4.78, 5) is 6.31. The molecule has 8 nitrogen and oxygen atoms in total. The van der Waals surface area contributed by atoms with Crippen molar-refractivity contribution in [2.24, 2.45) is 10.8 Å². The summed E-state index contributed by atoms with van der Waals surface area (Å²) < 4.78 is 20.6. The van der Waals surface area contributed by atoms with Gasteiger partial charge in [0.25, 0.3) is 0 Å². The SMILES string of the molecule is COc1cc(-c2ccc(-c3ncc(N(C)[C@H]4C[C@]5(C)CC[C@@](C)(C5)[C@H]4F)nn3)c(O)c2)cnn1. The molecular formula is C25H29FN6O2. The highest BCUT2D eigenvalue weighted by atomic mass is 19.1. The second kappa shape index (κ2) is 8.14. The second-order valence-corrected chi connectivity index (χ2v) is 10.3. The molecule has 3 aromatic rings. The van der Waals surface area contributed by atoms with Crippen molar-refractivity contribution in [3.63, 3.8) is 0 Å². The molecule has 0 spiro atoms. The zero-order valence-electron chi connectivity index (χ0n) is 19.9. The van der Waals surface area contributed by atoms with Crippen LogP contribution in [0.4, 0.5) is 10.2 Å². The van der Waals surface area contributed by atoms with Crippen molar-refractivity contribution in [2.45, 2.75) is 51.7 Å². The lowest BCUT2D eigenvalue weighted by molar-refractivity contribution is 0.0380. The number of aromatic nitrogens is 5. The van der Waals surface area contributed by atoms with Gasteiger partial charge in [-0.05, 0) is 48.8 Å². The van der Waals surface area contributed by atoms with E-state index in [1.165, 1.54) is 7.11 Å². The van der Waals surface area contributed by atoms with Crippen LogP contribution in [0.1, 0.15) is 39.5 Å². The Balaban J connectivity index is 1.37. The number of fused-ring (bicyclic) bond motifs is 2. The summed E-state index contributed by atoms with van der Waals surface area (Å²) in [5.74, 6) is 1.23. The molecule has 1 N–H and O–H groups in total. The highest BCUT2D eigenvalue weighted by molar-refractivity contribution is 5.72. The van der Waals surface area contributed by atoms with Crippen molar-refractivity contribution in [3.05, 3.63) is 36.7 Å². The van der Waals surface area contributed by atoms with Gasteiger partial charge in [0.2, 0.25) is 5.88 Å². The number of nitrogens with zero attached hydrogens (tertiary/aromatic N) is 6. The largest absolute Gasteiger partial charge is 0.507 e. The number of hydrogen-bond donors (Lipinski definition) is 1. The minimum Gasteiger partial charge on any atom is -0.507 e. The topological polar surface area (TPSA) is 97.2 Å². The molecule has 178 valence electrons. The molecule has 4 atom stereocenters. The van der Waals surface area contributed by atoms with Gasteiger partial charge in [-0.25, -0.2) is 9.37 Å². The molecular weight excluding hydrogens is 435 g/mol. The predicted molar refractivity (Wildman–Crippen MR) is 126 cm³/mol. The van der Waals surface area contributed by atoms with Crippen molar-refractivity contribution in [2.75, 3.05) is 19.1 Å². The summed E-state index contributed by atoms with van der Waals surface area (Å²) in [6.07, 6.45) is 5.99. The summed E-state index contributed by atoms with van der Waals surface area (Å²) in [5, 5.41) is 27.0. The standard InChI is InChI=1S/C25H29FN6O2/c1-24-7-8-25(2,14-24)22(26)18(11-24)32(3)20-13-27-23(31-29-20)17-6-5-15(9-19(17)33)16-10-21(34-4)30-28-12-16/h5-6,9-10,12-13,18,22,33H,7-8,11,14H2,1-4H3/t18-,22-,24-,25-/m0/s1. The van der Waals surface area contributed by atoms with Crippen molar-refractivity contribution in [1.82, 2.24) is 25.4 Å². The van der Waals surface area contributed by atoms with Crippen LogP contribution in [-0.4, -0.2) is 56.9 Å². The third-order valence-corrected chi connectivity index (χ3v) is 7.66. The Bertz CT molecular complexity index is 1210. The average Bonchev–Trinajstić information content (AvgIpc) is 3.12. The first-order chi connectivity index (χ1) is 16.2. The number of methoxy groups -OCH3 is 1. The quantitative estimate of drug-likeness (QED) is 0.591. The van der Waals surface area contributed by atoms with Crippen LogP contribution in [0.2, 0.25) is 0 Å². The lowest BCUT2D eigenvalue weighted by Crippen LogP contribution is -2.52. The molecule has 1 aromatic carbocycles. The van der Waals surface area contributed by atoms with Gasteiger partial charge in [0.1, 0.15) is 11.9 Å². The number of ether oxygens (including phenoxy) is 1. The highest BCUT2D eigenvalue weighted by Crippen LogP contribution is 2.59. The number of benzene rings is 1. The van der Waals surface area contributed by atoms with Crippen LogP contribution < -0.4 is 9.64 Å². The second-order valence-electron chi connectivity index (χ2n) is 10.3. The molecule has 0 saturated heterocycles. The highest BCUT2D eigenvalue weighted by Gasteiger charge is 2.56. The van der Waals surface area contributed by atoms with Crippen molar-refractivity contribution in [3.8, 4) is 34.1 Å². The van der Waals surface area contributed by atoms with Crippen LogP contribution in [0.5, 0.6) is 11.6 Å². The van der Waals surface area contributed by atoms with Gasteiger partial charge in [-0.15, -0.1) is 15.3 Å². The zero-order chi connectivity index (χ0) is 24.1. The molecule has 0 unspecified atom stereocenters. The summed E-state index contributed by atoms with van der Waals surface area (Å²) in [6.45, 7) is 4.34. The number of anilines is 1. The Morgan fingerprint density at radius 2 is 1.91 bits per heavy atom. The maximum absolute atomic E-state index is 15.5. The number of rotatable bonds is 5. The molecule has 0 amide bonds. The summed E-state index contributed by atoms with van der Waals surface area (Å²) >= 11 is 0. The number of alkyl halides is 1. The molecule has 34 heavy (non-hydrogen) atoms. The fourth-order valence-corrected chi connectivity index (χ4v) is 5.78. The minimum atomic E-state index is -0.924. The Hall–Kier alpha value is -3.36. The van der Waals surface area contributed by atoms with E-state index in [0.29, 0.717) is 23.1 Å². The van der Waals surface area contributed by atoms with Crippen LogP contribution in [-0.2, 0) is 0 Å². The van der Waals surface area contributed by atoms with Crippen LogP contribution >= 0.6 is 0 Å². The lowest BCUT2D eigenvalue weighted by atomic mass is 9.67. The van der Waals surface area contributed by atoms with Crippen molar-refractivity contribution in [1.29, 1.82) is 0 Å². The Morgan fingerprint density at radius 3 is 2.62 bits per heavy atom. The molecule has 2 fully saturated rings. The van der Waals surface area contributed by atoms with Gasteiger partial charge >= 0.3 is 0 Å². The number of hydrogen-bond acceptors (Lipinski definition) is 8. The number of halogens is 1. The van der Waals surface area contributed by atoms with E-state index in [4.69, 9.17) is 4.74 Å². The monoisotopic (exact) mass is 464 g/mol. The summed E-state index contributed by atoms with van der Waals surface area (Å²) in [6, 6.07) is 6.66. The van der Waals surface area contributed by atoms with Crippen molar-refractivity contribution >= 4 is 5.82 Å². The predicted octanol–water partition coefficient (Wildman–Crippen LogP) is 4.45. The Kier molecular flexibility index (Phi) is 5.37. The minimum absolute atomic E-state index is 0.0183. The van der Waals surface area contributed by atoms with Gasteiger partial charge < -0.3 is 14.7 Å². The maximum Gasteiger partial charge on any atom is 0.233 e. The fourth-order valence-electron chi connectivity index (χ4n) is 5.78. The van der Waals surface area contributed by atoms with Gasteiger partial charge in [-0.3, -0.25) is 0 Å². The molecule has 5 rings (SSSR count). The van der Waals surface area contributed by atoms with Crippen molar-refractivity contribution < 1.29 is 14.2 Å². The maximum atomic E-state index is 15.5. The lowest BCUT2D eigenvalue weighted by Gasteiger charge is -2.46. The summed E-state index contributed by atoms with van der Waals surface area (Å²) in [7, 11) is 3.38. The van der Waals surface area contributed by atoms with Gasteiger partial charge in [-0.1, -0.05) is 19.9 Å². The summed E-state index contributed by atoms with van der Waals surface area (Å²) in [5.41, 5.74) is 1.85. The number of phenols is 1. The van der Waals surface area contributed by atoms with Crippen LogP contribution in [0.25, 0.3) is 22.5 Å². The molecule has 2 heterocycles. The smallest absolute Gasteiger partial charge is 0.233 e. The van der Waals surface area contributed by atoms with E-state index in [1.807, 2.05) is 18.0 Å². The van der Waals surface area contributed by atoms with E-state index in [2.05, 4.69) is 39.2 Å². The average molecular weight is 465 g/mol. The Morgan fingerprint density at radius 1 is 1.09 bits per heavy atom. The molecule has 2 aliphatic carbocycles. The van der Waals surface area contributed by atoms with Crippen LogP contribution in [0.3, 0.4) is 0 Å². The van der Waals surface area contributed by atoms with E-state index >= 15 is 4.39 Å². The van der Waals surface area contributed by atoms with E-state index in [-0.39, 0.29) is 22.6 Å². The first kappa shape index (κ1) is 22.4. The van der Waals surface area contributed by atoms with Gasteiger partial charge in [0, 0.05) is 24.1 Å².